The average molecular weight is 1550 g/mol. The summed E-state index contributed by atoms with van der Waals surface area (Å²) in [6, 6.07) is 33.3. The van der Waals surface area contributed by atoms with E-state index < -0.39 is 136 Å². The van der Waals surface area contributed by atoms with Gasteiger partial charge >= 0.3 is 52.4 Å². The second kappa shape index (κ2) is 29.4. The molecule has 408 valence electrons. The Morgan fingerprint density at radius 2 is 0.709 bits per heavy atom. The molecule has 33 heteroatoms. The first kappa shape index (κ1) is 67.9. The molecule has 0 saturated heterocycles. The molecule has 8 aromatic rings. The molecule has 0 aromatic heterocycles. The molecule has 11 nitrogen and oxygen atoms in total. The van der Waals surface area contributed by atoms with E-state index in [1.807, 2.05) is 42.5 Å². The summed E-state index contributed by atoms with van der Waals surface area (Å²) < 4.78 is 224. The number of sulfone groups is 1. The maximum atomic E-state index is 13.1. The number of rotatable bonds is 11. The number of thioether (sulfide) groups is 1. The van der Waals surface area contributed by atoms with Crippen LogP contribution in [0.4, 0.5) is 65.9 Å². The fourth-order valence-corrected chi connectivity index (χ4v) is 8.33. The average Bonchev–Trinajstić information content (AvgIpc) is 3.41. The second-order valence-corrected chi connectivity index (χ2v) is 17.9. The van der Waals surface area contributed by atoms with Crippen molar-refractivity contribution in [3.05, 3.63) is 190 Å². The minimum atomic E-state index is -3.55. The SMILES string of the molecule is CCSc1ccc(S(=O)(=O)c2ccc(-c3cccc4cc5ccccc5cc34)cc2)cc1.[Bi+3].[Bi+3].[O-]B([O-])Oc1c(F)c(F)c(F)c(F)c1F.[O-]B([O-])Oc1c(F)c(F)c(F)c(F)c1F.[O-]B([O-])Oc1c(F)c(F)c(F)c(F)c1F. The van der Waals surface area contributed by atoms with Crippen molar-refractivity contribution in [2.45, 2.75) is 21.6 Å². The molecule has 0 amide bonds. The Balaban J connectivity index is 0.000000297. The van der Waals surface area contributed by atoms with Crippen molar-refractivity contribution in [1.29, 1.82) is 0 Å². The molecular formula is C46H22B3Bi2F15O11S2. The topological polar surface area (TPSA) is 200 Å². The molecule has 79 heavy (non-hydrogen) atoms. The molecule has 0 saturated carbocycles. The number of benzene rings is 8. The predicted octanol–water partition coefficient (Wildman–Crippen LogP) is 5.24. The van der Waals surface area contributed by atoms with E-state index in [1.165, 1.54) is 16.2 Å². The van der Waals surface area contributed by atoms with Crippen molar-refractivity contribution in [3.8, 4) is 28.4 Å². The van der Waals surface area contributed by atoms with Crippen LogP contribution >= 0.6 is 11.8 Å². The van der Waals surface area contributed by atoms with E-state index in [1.54, 1.807) is 36.0 Å². The van der Waals surface area contributed by atoms with Gasteiger partial charge < -0.3 is 44.1 Å². The van der Waals surface area contributed by atoms with Crippen LogP contribution in [0.5, 0.6) is 17.2 Å². The van der Waals surface area contributed by atoms with Crippen molar-refractivity contribution in [3.63, 3.8) is 0 Å². The first-order valence-electron chi connectivity index (χ1n) is 20.6. The molecule has 0 fully saturated rings. The summed E-state index contributed by atoms with van der Waals surface area (Å²) in [6.45, 7) is 2.08. The molecule has 0 atom stereocenters. The monoisotopic (exact) mass is 1550 g/mol. The Bertz CT molecular complexity index is 3300. The summed E-state index contributed by atoms with van der Waals surface area (Å²) in [5.74, 6) is -39.7. The van der Waals surface area contributed by atoms with Gasteiger partial charge in [-0.3, -0.25) is 0 Å². The van der Waals surface area contributed by atoms with Gasteiger partial charge in [-0.1, -0.05) is 61.5 Å². The fraction of sp³-hybridized carbons (Fsp3) is 0.0435. The van der Waals surface area contributed by atoms with Crippen LogP contribution < -0.4 is 44.1 Å². The molecule has 0 aliphatic heterocycles. The van der Waals surface area contributed by atoms with Crippen LogP contribution in [0.1, 0.15) is 6.92 Å². The van der Waals surface area contributed by atoms with Crippen molar-refractivity contribution in [2.24, 2.45) is 0 Å². The zero-order valence-electron chi connectivity index (χ0n) is 38.6. The van der Waals surface area contributed by atoms with Crippen LogP contribution in [-0.2, 0) is 9.84 Å². The molecule has 4 radical (unpaired) electrons. The van der Waals surface area contributed by atoms with E-state index in [-0.39, 0.29) is 52.4 Å². The zero-order chi connectivity index (χ0) is 57.4. The Morgan fingerprint density at radius 1 is 0.405 bits per heavy atom. The molecule has 8 rings (SSSR count). The fourth-order valence-electron chi connectivity index (χ4n) is 6.40. The largest absolute Gasteiger partial charge is 3.00 e. The van der Waals surface area contributed by atoms with E-state index in [0.717, 1.165) is 27.2 Å². The first-order chi connectivity index (χ1) is 36.1. The summed E-state index contributed by atoms with van der Waals surface area (Å²) in [5.41, 5.74) is 2.10. The molecule has 0 aliphatic rings. The van der Waals surface area contributed by atoms with Crippen LogP contribution in [0.3, 0.4) is 0 Å². The van der Waals surface area contributed by atoms with E-state index in [0.29, 0.717) is 9.79 Å². The van der Waals surface area contributed by atoms with Gasteiger partial charge in [-0.2, -0.15) is 26.3 Å². The van der Waals surface area contributed by atoms with Gasteiger partial charge in [0, 0.05) is 4.90 Å². The van der Waals surface area contributed by atoms with Gasteiger partial charge in [0.15, 0.2) is 17.2 Å². The normalized spacial score (nSPS) is 10.7. The van der Waals surface area contributed by atoms with Crippen LogP contribution in [0, 0.1) is 87.3 Å². The maximum Gasteiger partial charge on any atom is 3.00 e. The minimum Gasteiger partial charge on any atom is -0.860 e. The Kier molecular flexibility index (Phi) is 25.3. The molecule has 0 aliphatic carbocycles. The van der Waals surface area contributed by atoms with Crippen LogP contribution in [0.15, 0.2) is 118 Å². The van der Waals surface area contributed by atoms with Crippen molar-refractivity contribution in [2.75, 3.05) is 5.75 Å². The number of hydrogen-bond donors (Lipinski definition) is 0. The maximum absolute atomic E-state index is 13.1. The number of hydrogen-bond acceptors (Lipinski definition) is 12. The van der Waals surface area contributed by atoms with E-state index in [4.69, 9.17) is 0 Å². The quantitative estimate of drug-likeness (QED) is 0.0408. The van der Waals surface area contributed by atoms with Gasteiger partial charge in [0.1, 0.15) is 22.0 Å². The molecule has 8 aromatic carbocycles. The molecule has 0 spiro atoms. The van der Waals surface area contributed by atoms with Crippen LogP contribution in [-0.4, -0.2) is 88.5 Å². The minimum absolute atomic E-state index is 0. The molecule has 0 heterocycles. The Labute approximate surface area is 478 Å². The van der Waals surface area contributed by atoms with Gasteiger partial charge in [-0.15, -0.1) is 11.8 Å². The van der Waals surface area contributed by atoms with Gasteiger partial charge in [-0.25, -0.2) is 47.9 Å². The zero-order valence-corrected chi connectivity index (χ0v) is 47.2. The van der Waals surface area contributed by atoms with E-state index in [2.05, 4.69) is 57.3 Å². The third-order valence-electron chi connectivity index (χ3n) is 9.82. The molecule has 0 unspecified atom stereocenters. The van der Waals surface area contributed by atoms with Crippen LogP contribution in [0.25, 0.3) is 32.7 Å². The van der Waals surface area contributed by atoms with Crippen molar-refractivity contribution >= 4 is 118 Å². The van der Waals surface area contributed by atoms with Crippen molar-refractivity contribution < 1.29 is 118 Å². The smallest absolute Gasteiger partial charge is 0.860 e. The number of fused-ring (bicyclic) bond motifs is 2. The summed E-state index contributed by atoms with van der Waals surface area (Å²) in [7, 11) is -13.1. The standard InChI is InChI=1S/C28H22O2S2.3C6BF5O3.2Bi/c1-2-31-24-12-16-26(17-13-24)32(29,30)25-14-10-20(11-15-25)27-9-5-8-23-18-21-6-3-4-7-22(21)19-28(23)27;3*8-1-2(9)4(11)6(15-7(13)14)5(12)3(1)10;;/h3-19H,2H2,1H3;;;;;/q;3*-2;2*+3. The molecule has 0 bridgehead atoms. The van der Waals surface area contributed by atoms with E-state index >= 15 is 0 Å². The first-order valence-corrected chi connectivity index (χ1v) is 23.1. The molecule has 0 N–H and O–H groups in total. The van der Waals surface area contributed by atoms with Gasteiger partial charge in [0.25, 0.3) is 0 Å². The third kappa shape index (κ3) is 16.0. The van der Waals surface area contributed by atoms with Crippen LogP contribution in [0.2, 0.25) is 0 Å². The van der Waals surface area contributed by atoms with Gasteiger partial charge in [-0.05, 0) is 87.0 Å². The predicted molar refractivity (Wildman–Crippen MR) is 245 cm³/mol. The summed E-state index contributed by atoms with van der Waals surface area (Å²) in [5, 5.41) is 63.9. The van der Waals surface area contributed by atoms with E-state index in [9.17, 15) is 104 Å². The molecular weight excluding hydrogens is 1530 g/mol. The van der Waals surface area contributed by atoms with Crippen molar-refractivity contribution in [1.82, 2.24) is 0 Å². The summed E-state index contributed by atoms with van der Waals surface area (Å²) >= 11 is 1.70. The van der Waals surface area contributed by atoms with Gasteiger partial charge in [0.05, 0.1) is 9.79 Å². The number of halogens is 15. The third-order valence-corrected chi connectivity index (χ3v) is 12.5. The summed E-state index contributed by atoms with van der Waals surface area (Å²) in [6.07, 6.45) is 0. The summed E-state index contributed by atoms with van der Waals surface area (Å²) in [4.78, 5) is 1.70. The second-order valence-electron chi connectivity index (χ2n) is 14.6. The van der Waals surface area contributed by atoms with Gasteiger partial charge in [0.2, 0.25) is 97.1 Å². The Morgan fingerprint density at radius 3 is 1.04 bits per heavy atom. The Hall–Kier alpha value is -5.35.